The first-order valence-corrected chi connectivity index (χ1v) is 11.4. The molecule has 2 aliphatic heterocycles. The average molecular weight is 501 g/mol. The highest BCUT2D eigenvalue weighted by molar-refractivity contribution is 7.43. The summed E-state index contributed by atoms with van der Waals surface area (Å²) in [4.78, 5) is 35.5. The van der Waals surface area contributed by atoms with Crippen molar-refractivity contribution in [1.82, 2.24) is 15.3 Å². The van der Waals surface area contributed by atoms with Gasteiger partial charge in [-0.1, -0.05) is 30.3 Å². The highest BCUT2D eigenvalue weighted by atomic mass is 31.2. The maximum atomic E-state index is 12.8. The Bertz CT molecular complexity index is 909. The zero-order valence-corrected chi connectivity index (χ0v) is 19.1. The first-order chi connectivity index (χ1) is 16.0. The van der Waals surface area contributed by atoms with Crippen molar-refractivity contribution in [1.29, 1.82) is 0 Å². The van der Waals surface area contributed by atoms with Crippen molar-refractivity contribution in [3.05, 3.63) is 48.2 Å². The standard InChI is InChI=1S/C19H28N5O9P/c1-23(33-34(21)30)9-10-31-19(29)13(11-25)32-16(15(19)27)24-8-7-18(20,22-17(24)28)14(26)12-5-3-2-4-6-12/h2-8,13,15-16,25,27,29-30H,9-11,20-21H2,1H3,(H,22,28)/t13-,15+,16-,18?,19+,34?/m1/s1. The van der Waals surface area contributed by atoms with Crippen LogP contribution in [0.4, 0.5) is 4.79 Å². The molecule has 0 radical (unpaired) electrons. The molecule has 1 aromatic rings. The number of urea groups is 1. The fraction of sp³-hybridized carbons (Fsp3) is 0.474. The fourth-order valence-corrected chi connectivity index (χ4v) is 3.90. The molecule has 1 saturated heterocycles. The number of ether oxygens (including phenoxy) is 2. The van der Waals surface area contributed by atoms with E-state index in [2.05, 4.69) is 5.32 Å². The zero-order valence-electron chi connectivity index (χ0n) is 18.2. The monoisotopic (exact) mass is 501 g/mol. The van der Waals surface area contributed by atoms with Gasteiger partial charge in [-0.2, -0.15) is 5.06 Å². The van der Waals surface area contributed by atoms with Crippen LogP contribution in [-0.2, 0) is 14.1 Å². The van der Waals surface area contributed by atoms with E-state index in [0.29, 0.717) is 0 Å². The molecule has 2 amide bonds. The number of rotatable bonds is 10. The molecular weight excluding hydrogens is 473 g/mol. The van der Waals surface area contributed by atoms with Gasteiger partial charge in [-0.15, -0.1) is 0 Å². The molecule has 3 rings (SSSR count). The molecule has 2 aliphatic rings. The molecule has 0 spiro atoms. The summed E-state index contributed by atoms with van der Waals surface area (Å²) in [6, 6.07) is 7.25. The molecule has 2 heterocycles. The van der Waals surface area contributed by atoms with Gasteiger partial charge in [0.15, 0.2) is 18.0 Å². The summed E-state index contributed by atoms with van der Waals surface area (Å²) in [5.74, 6) is -2.95. The Morgan fingerprint density at radius 1 is 1.38 bits per heavy atom. The number of aliphatic hydroxyl groups is 3. The summed E-state index contributed by atoms with van der Waals surface area (Å²) >= 11 is 0. The summed E-state index contributed by atoms with van der Waals surface area (Å²) in [5.41, 5.74) is 9.69. The van der Waals surface area contributed by atoms with E-state index >= 15 is 0 Å². The van der Waals surface area contributed by atoms with Gasteiger partial charge in [-0.05, 0) is 6.08 Å². The topological polar surface area (TPSA) is 213 Å². The van der Waals surface area contributed by atoms with Crippen molar-refractivity contribution in [2.24, 2.45) is 11.2 Å². The number of carbonyl (C=O) groups is 2. The van der Waals surface area contributed by atoms with Crippen molar-refractivity contribution < 1.29 is 43.9 Å². The lowest BCUT2D eigenvalue weighted by Crippen LogP contribution is -2.66. The lowest BCUT2D eigenvalue weighted by Gasteiger charge is -2.37. The van der Waals surface area contributed by atoms with E-state index < -0.39 is 56.8 Å². The van der Waals surface area contributed by atoms with E-state index in [1.54, 1.807) is 30.3 Å². The molecule has 9 N–H and O–H groups in total. The third-order valence-corrected chi connectivity index (χ3v) is 5.77. The van der Waals surface area contributed by atoms with Crippen LogP contribution in [0.15, 0.2) is 42.6 Å². The van der Waals surface area contributed by atoms with E-state index in [-0.39, 0.29) is 18.7 Å². The van der Waals surface area contributed by atoms with Gasteiger partial charge >= 0.3 is 6.03 Å². The molecule has 14 nitrogen and oxygen atoms in total. The summed E-state index contributed by atoms with van der Waals surface area (Å²) in [5, 5.41) is 34.8. The van der Waals surface area contributed by atoms with Gasteiger partial charge in [-0.3, -0.25) is 20.9 Å². The number of carbonyl (C=O) groups excluding carboxylic acids is 2. The molecule has 15 heteroatoms. The molecule has 34 heavy (non-hydrogen) atoms. The molecular formula is C19H28N5O9P. The van der Waals surface area contributed by atoms with Gasteiger partial charge in [0.1, 0.15) is 6.10 Å². The quantitative estimate of drug-likeness (QED) is 0.0794. The van der Waals surface area contributed by atoms with Crippen LogP contribution < -0.4 is 16.6 Å². The SMILES string of the molecule is CN(CCO[C@@]1(O)[C@@H](CO)O[C@@H](N2C=CC(N)(C(=O)c3ccccc3)NC2=O)[C@@H]1O)OP(N)O. The van der Waals surface area contributed by atoms with E-state index in [9.17, 15) is 24.9 Å². The maximum Gasteiger partial charge on any atom is 0.325 e. The van der Waals surface area contributed by atoms with E-state index in [0.717, 1.165) is 16.2 Å². The molecule has 0 saturated carbocycles. The zero-order chi connectivity index (χ0) is 25.1. The fourth-order valence-electron chi connectivity index (χ4n) is 3.54. The number of nitrogens with one attached hydrogen (secondary N) is 1. The van der Waals surface area contributed by atoms with Crippen molar-refractivity contribution in [3.63, 3.8) is 0 Å². The molecule has 1 fully saturated rings. The van der Waals surface area contributed by atoms with Crippen molar-refractivity contribution in [2.75, 3.05) is 26.8 Å². The lowest BCUT2D eigenvalue weighted by molar-refractivity contribution is -0.269. The average Bonchev–Trinajstić information content (AvgIpc) is 3.03. The van der Waals surface area contributed by atoms with Crippen molar-refractivity contribution >= 4 is 20.3 Å². The highest BCUT2D eigenvalue weighted by Gasteiger charge is 2.59. The number of nitrogens with two attached hydrogens (primary N) is 2. The number of amides is 2. The molecule has 0 aliphatic carbocycles. The number of Topliss-reactive ketones (excluding diaryl/α,β-unsaturated/α-hetero) is 1. The second kappa shape index (κ2) is 10.7. The van der Waals surface area contributed by atoms with E-state index in [1.165, 1.54) is 13.1 Å². The second-order valence-electron chi connectivity index (χ2n) is 7.70. The lowest BCUT2D eigenvalue weighted by atomic mass is 9.97. The molecule has 0 bridgehead atoms. The predicted octanol–water partition coefficient (Wildman–Crippen LogP) is -2.11. The minimum Gasteiger partial charge on any atom is -0.393 e. The predicted molar refractivity (Wildman–Crippen MR) is 117 cm³/mol. The van der Waals surface area contributed by atoms with Crippen LogP contribution in [0.2, 0.25) is 0 Å². The van der Waals surface area contributed by atoms with Crippen LogP contribution >= 0.6 is 8.53 Å². The van der Waals surface area contributed by atoms with Crippen LogP contribution in [-0.4, -0.2) is 98.7 Å². The molecule has 1 aromatic carbocycles. The number of ketones is 1. The maximum absolute atomic E-state index is 12.8. The smallest absolute Gasteiger partial charge is 0.325 e. The number of aliphatic hydroxyl groups excluding tert-OH is 2. The van der Waals surface area contributed by atoms with Crippen LogP contribution in [0, 0.1) is 0 Å². The van der Waals surface area contributed by atoms with Crippen LogP contribution in [0.3, 0.4) is 0 Å². The summed E-state index contributed by atoms with van der Waals surface area (Å²) < 4.78 is 15.7. The van der Waals surface area contributed by atoms with Gasteiger partial charge in [-0.25, -0.2) is 9.42 Å². The van der Waals surface area contributed by atoms with Gasteiger partial charge < -0.3 is 35.0 Å². The molecule has 2 unspecified atom stereocenters. The second-order valence-corrected chi connectivity index (χ2v) is 8.46. The first-order valence-electron chi connectivity index (χ1n) is 10.1. The Kier molecular flexibility index (Phi) is 8.34. The van der Waals surface area contributed by atoms with Gasteiger partial charge in [0.2, 0.25) is 11.6 Å². The largest absolute Gasteiger partial charge is 0.393 e. The Morgan fingerprint density at radius 3 is 2.65 bits per heavy atom. The third kappa shape index (κ3) is 5.43. The Morgan fingerprint density at radius 2 is 2.06 bits per heavy atom. The normalized spacial score (nSPS) is 32.2. The number of hydrogen-bond donors (Lipinski definition) is 7. The minimum atomic E-state index is -2.39. The van der Waals surface area contributed by atoms with Crippen molar-refractivity contribution in [3.8, 4) is 0 Å². The number of benzene rings is 1. The number of hydrogen-bond acceptors (Lipinski definition) is 12. The van der Waals surface area contributed by atoms with Crippen LogP contribution in [0.5, 0.6) is 0 Å². The number of likely N-dealkylation sites (N-methyl/N-ethyl adjacent to an activating group) is 1. The first kappa shape index (κ1) is 26.5. The highest BCUT2D eigenvalue weighted by Crippen LogP contribution is 2.35. The molecule has 188 valence electrons. The van der Waals surface area contributed by atoms with Crippen LogP contribution in [0.1, 0.15) is 10.4 Å². The Hall–Kier alpha value is -2.07. The van der Waals surface area contributed by atoms with Crippen LogP contribution in [0.25, 0.3) is 0 Å². The number of hydroxylamine groups is 2. The molecule has 6 atom stereocenters. The molecule has 0 aromatic heterocycles. The van der Waals surface area contributed by atoms with E-state index in [4.69, 9.17) is 30.2 Å². The van der Waals surface area contributed by atoms with Crippen molar-refractivity contribution in [2.45, 2.75) is 29.9 Å². The number of nitrogens with zero attached hydrogens (tertiary/aromatic N) is 2. The van der Waals surface area contributed by atoms with E-state index in [1.807, 2.05) is 0 Å². The van der Waals surface area contributed by atoms with Gasteiger partial charge in [0, 0.05) is 25.4 Å². The van der Waals surface area contributed by atoms with Gasteiger partial charge in [0.25, 0.3) is 8.53 Å². The Labute approximate surface area is 196 Å². The third-order valence-electron chi connectivity index (χ3n) is 5.32. The van der Waals surface area contributed by atoms with Gasteiger partial charge in [0.05, 0.1) is 13.2 Å². The Balaban J connectivity index is 1.71. The summed E-state index contributed by atoms with van der Waals surface area (Å²) in [6.07, 6.45) is -2.33. The summed E-state index contributed by atoms with van der Waals surface area (Å²) in [6.45, 7) is -0.942. The minimum absolute atomic E-state index is 0.0236. The summed E-state index contributed by atoms with van der Waals surface area (Å²) in [7, 11) is -0.691.